The predicted molar refractivity (Wildman–Crippen MR) is 58.3 cm³/mol. The second-order valence-corrected chi connectivity index (χ2v) is 1.40. The van der Waals surface area contributed by atoms with Crippen molar-refractivity contribution < 1.29 is 4.74 Å². The Kier molecular flexibility index (Phi) is 32.5. The van der Waals surface area contributed by atoms with E-state index in [0.29, 0.717) is 0 Å². The van der Waals surface area contributed by atoms with Crippen LogP contribution in [0.5, 0.6) is 0 Å². The van der Waals surface area contributed by atoms with E-state index in [4.69, 9.17) is 4.74 Å². The van der Waals surface area contributed by atoms with E-state index in [2.05, 4.69) is 0 Å². The van der Waals surface area contributed by atoms with Crippen LogP contribution in [0.3, 0.4) is 0 Å². The first-order chi connectivity index (χ1) is 5.85. The molecule has 0 atom stereocenters. The Hall–Kier alpha value is -0.720. The molecule has 0 aromatic carbocycles. The summed E-state index contributed by atoms with van der Waals surface area (Å²) in [6.45, 7) is 11.9. The number of rotatable bonds is 2. The van der Waals surface area contributed by atoms with Gasteiger partial charge in [-0.3, -0.25) is 0 Å². The van der Waals surface area contributed by atoms with E-state index in [0.717, 1.165) is 5.76 Å². The summed E-state index contributed by atoms with van der Waals surface area (Å²) < 4.78 is 4.91. The number of methoxy groups -OCH3 is 1. The molecule has 0 fully saturated rings. The third-order valence-electron chi connectivity index (χ3n) is 0.851. The molecule has 0 aliphatic carbocycles. The number of hydrogen-bond donors (Lipinski definition) is 0. The zero-order chi connectivity index (χ0) is 10.4. The van der Waals surface area contributed by atoms with E-state index >= 15 is 0 Å². The van der Waals surface area contributed by atoms with Crippen LogP contribution >= 0.6 is 0 Å². The highest BCUT2D eigenvalue weighted by molar-refractivity contribution is 5.09. The van der Waals surface area contributed by atoms with Gasteiger partial charge in [-0.15, -0.1) is 0 Å². The van der Waals surface area contributed by atoms with Crippen LogP contribution in [0.15, 0.2) is 24.0 Å². The molecule has 1 nitrogen and oxygen atoms in total. The molecular weight excluding hydrogens is 148 g/mol. The molecule has 0 rings (SSSR count). The van der Waals surface area contributed by atoms with Gasteiger partial charge in [-0.05, 0) is 26.0 Å². The van der Waals surface area contributed by atoms with Gasteiger partial charge in [-0.2, -0.15) is 0 Å². The van der Waals surface area contributed by atoms with Gasteiger partial charge in [0.25, 0.3) is 0 Å². The zero-order valence-electron chi connectivity index (χ0n) is 9.64. The quantitative estimate of drug-likeness (QED) is 0.449. The van der Waals surface area contributed by atoms with Crippen LogP contribution < -0.4 is 0 Å². The zero-order valence-corrected chi connectivity index (χ0v) is 9.64. The van der Waals surface area contributed by atoms with E-state index in [9.17, 15) is 0 Å². The Balaban J connectivity index is -0.000000175. The molecule has 0 aliphatic rings. The summed E-state index contributed by atoms with van der Waals surface area (Å²) in [5.74, 6) is 0.910. The molecule has 0 saturated heterocycles. The molecule has 0 unspecified atom stereocenters. The fourth-order valence-corrected chi connectivity index (χ4v) is 0.446. The SMILES string of the molecule is C/C=C\C(=C/C)OC.CC.CC. The van der Waals surface area contributed by atoms with Gasteiger partial charge in [0.05, 0.1) is 7.11 Å². The number of allylic oxidation sites excluding steroid dienone is 3. The molecule has 0 amide bonds. The first-order valence-electron chi connectivity index (χ1n) is 4.68. The molecule has 0 N–H and O–H groups in total. The molecule has 0 spiro atoms. The summed E-state index contributed by atoms with van der Waals surface area (Å²) in [6.07, 6.45) is 5.78. The third kappa shape index (κ3) is 16.1. The maximum atomic E-state index is 4.91. The normalized spacial score (nSPS) is 9.42. The first kappa shape index (κ1) is 17.4. The monoisotopic (exact) mass is 172 g/mol. The molecule has 0 aromatic heterocycles. The van der Waals surface area contributed by atoms with Crippen LogP contribution in [-0.4, -0.2) is 7.11 Å². The van der Waals surface area contributed by atoms with Gasteiger partial charge in [-0.25, -0.2) is 0 Å². The topological polar surface area (TPSA) is 9.23 Å². The van der Waals surface area contributed by atoms with Gasteiger partial charge in [0.2, 0.25) is 0 Å². The molecule has 12 heavy (non-hydrogen) atoms. The highest BCUT2D eigenvalue weighted by Gasteiger charge is 1.79. The highest BCUT2D eigenvalue weighted by Crippen LogP contribution is 1.94. The number of ether oxygens (including phenoxy) is 1. The van der Waals surface area contributed by atoms with Gasteiger partial charge in [0.1, 0.15) is 5.76 Å². The van der Waals surface area contributed by atoms with Crippen LogP contribution in [-0.2, 0) is 4.74 Å². The van der Waals surface area contributed by atoms with Crippen LogP contribution in [0, 0.1) is 0 Å². The minimum absolute atomic E-state index is 0.910. The molecule has 0 saturated carbocycles. The highest BCUT2D eigenvalue weighted by atomic mass is 16.5. The van der Waals surface area contributed by atoms with Crippen molar-refractivity contribution in [1.82, 2.24) is 0 Å². The fraction of sp³-hybridized carbons (Fsp3) is 0.636. The van der Waals surface area contributed by atoms with Crippen LogP contribution in [0.25, 0.3) is 0 Å². The van der Waals surface area contributed by atoms with Crippen molar-refractivity contribution in [3.8, 4) is 0 Å². The first-order valence-corrected chi connectivity index (χ1v) is 4.68. The van der Waals surface area contributed by atoms with Gasteiger partial charge < -0.3 is 4.74 Å². The largest absolute Gasteiger partial charge is 0.497 e. The van der Waals surface area contributed by atoms with Gasteiger partial charge in [-0.1, -0.05) is 33.8 Å². The van der Waals surface area contributed by atoms with Crippen molar-refractivity contribution in [2.45, 2.75) is 41.5 Å². The maximum Gasteiger partial charge on any atom is 0.114 e. The van der Waals surface area contributed by atoms with Gasteiger partial charge >= 0.3 is 0 Å². The molecule has 0 aromatic rings. The van der Waals surface area contributed by atoms with Crippen LogP contribution in [0.1, 0.15) is 41.5 Å². The molecule has 0 bridgehead atoms. The maximum absolute atomic E-state index is 4.91. The lowest BCUT2D eigenvalue weighted by Gasteiger charge is -1.94. The smallest absolute Gasteiger partial charge is 0.114 e. The van der Waals surface area contributed by atoms with E-state index in [1.807, 2.05) is 59.8 Å². The summed E-state index contributed by atoms with van der Waals surface area (Å²) >= 11 is 0. The van der Waals surface area contributed by atoms with Crippen LogP contribution in [0.4, 0.5) is 0 Å². The summed E-state index contributed by atoms with van der Waals surface area (Å²) in [4.78, 5) is 0. The lowest BCUT2D eigenvalue weighted by molar-refractivity contribution is 0.306. The Morgan fingerprint density at radius 1 is 1.00 bits per heavy atom. The molecule has 0 radical (unpaired) electrons. The van der Waals surface area contributed by atoms with Crippen molar-refractivity contribution in [2.24, 2.45) is 0 Å². The Morgan fingerprint density at radius 2 is 1.42 bits per heavy atom. The van der Waals surface area contributed by atoms with Crippen molar-refractivity contribution in [3.63, 3.8) is 0 Å². The predicted octanol–water partition coefficient (Wildman–Crippen LogP) is 4.17. The summed E-state index contributed by atoms with van der Waals surface area (Å²) in [5.41, 5.74) is 0. The van der Waals surface area contributed by atoms with Crippen molar-refractivity contribution >= 4 is 0 Å². The Labute approximate surface area is 78.1 Å². The second kappa shape index (κ2) is 22.4. The average molecular weight is 172 g/mol. The van der Waals surface area contributed by atoms with Crippen molar-refractivity contribution in [1.29, 1.82) is 0 Å². The molecule has 0 aliphatic heterocycles. The molecule has 0 heterocycles. The lowest BCUT2D eigenvalue weighted by atomic mass is 10.4. The molecule has 74 valence electrons. The van der Waals surface area contributed by atoms with E-state index in [1.165, 1.54) is 0 Å². The second-order valence-electron chi connectivity index (χ2n) is 1.40. The lowest BCUT2D eigenvalue weighted by Crippen LogP contribution is -1.77. The average Bonchev–Trinajstić information content (AvgIpc) is 2.20. The Morgan fingerprint density at radius 3 is 1.50 bits per heavy atom. The minimum atomic E-state index is 0.910. The van der Waals surface area contributed by atoms with Crippen molar-refractivity contribution in [3.05, 3.63) is 24.0 Å². The van der Waals surface area contributed by atoms with E-state index < -0.39 is 0 Å². The minimum Gasteiger partial charge on any atom is -0.497 e. The van der Waals surface area contributed by atoms with E-state index in [1.54, 1.807) is 7.11 Å². The van der Waals surface area contributed by atoms with Gasteiger partial charge in [0.15, 0.2) is 0 Å². The fourth-order valence-electron chi connectivity index (χ4n) is 0.446. The standard InChI is InChI=1S/C7H12O.2C2H6/c1-4-6-7(5-2)8-3;2*1-2/h4-6H,1-3H3;2*1-2H3/b6-4-,7-5+;;. The third-order valence-corrected chi connectivity index (χ3v) is 0.851. The number of hydrogen-bond acceptors (Lipinski definition) is 1. The Bertz CT molecular complexity index is 98.8. The van der Waals surface area contributed by atoms with E-state index in [-0.39, 0.29) is 0 Å². The molecule has 1 heteroatoms. The summed E-state index contributed by atoms with van der Waals surface area (Å²) in [7, 11) is 1.66. The summed E-state index contributed by atoms with van der Waals surface area (Å²) in [5, 5.41) is 0. The molecular formula is C11H24O. The van der Waals surface area contributed by atoms with Gasteiger partial charge in [0, 0.05) is 0 Å². The van der Waals surface area contributed by atoms with Crippen molar-refractivity contribution in [2.75, 3.05) is 7.11 Å². The van der Waals surface area contributed by atoms with Crippen LogP contribution in [0.2, 0.25) is 0 Å². The summed E-state index contributed by atoms with van der Waals surface area (Å²) in [6, 6.07) is 0.